The molecule has 0 heterocycles. The molecule has 0 radical (unpaired) electrons. The number of rotatable bonds is 6. The van der Waals surface area contributed by atoms with Crippen molar-refractivity contribution in [2.75, 3.05) is 0 Å². The van der Waals surface area contributed by atoms with Gasteiger partial charge in [0.15, 0.2) is 5.78 Å². The Morgan fingerprint density at radius 3 is 2.07 bits per heavy atom. The van der Waals surface area contributed by atoms with E-state index in [4.69, 9.17) is 20.9 Å². The zero-order chi connectivity index (χ0) is 20.3. The lowest BCUT2D eigenvalue weighted by molar-refractivity contribution is 0.103. The van der Waals surface area contributed by atoms with Crippen molar-refractivity contribution >= 4 is 27.5 Å². The van der Waals surface area contributed by atoms with Gasteiger partial charge in [-0.05, 0) is 72.6 Å². The van der Waals surface area contributed by atoms with E-state index in [9.17, 15) is 13.2 Å². The number of ether oxygens (including phenoxy) is 1. The minimum Gasteiger partial charge on any atom is -0.457 e. The van der Waals surface area contributed by atoms with Crippen LogP contribution in [0.1, 0.15) is 28.4 Å². The second-order valence-electron chi connectivity index (χ2n) is 6.07. The van der Waals surface area contributed by atoms with Crippen molar-refractivity contribution in [2.45, 2.75) is 18.2 Å². The van der Waals surface area contributed by atoms with Gasteiger partial charge in [0.25, 0.3) is 10.1 Å². The average Bonchev–Trinajstić information content (AvgIpc) is 2.68. The molecule has 0 amide bonds. The third-order valence-corrected chi connectivity index (χ3v) is 5.35. The van der Waals surface area contributed by atoms with E-state index in [0.29, 0.717) is 27.6 Å². The molecule has 144 valence electrons. The summed E-state index contributed by atoms with van der Waals surface area (Å²) in [5.74, 6) is 0.694. The van der Waals surface area contributed by atoms with Crippen LogP contribution in [0.5, 0.6) is 11.5 Å². The fourth-order valence-electron chi connectivity index (χ4n) is 2.61. The fraction of sp³-hybridized carbons (Fsp3) is 0.0952. The molecule has 0 aliphatic rings. The van der Waals surface area contributed by atoms with Crippen LogP contribution in [-0.2, 0) is 16.5 Å². The van der Waals surface area contributed by atoms with Crippen LogP contribution in [0.15, 0.2) is 71.6 Å². The number of halogens is 1. The van der Waals surface area contributed by atoms with Crippen LogP contribution in [0, 0.1) is 0 Å². The smallest absolute Gasteiger partial charge is 0.294 e. The summed E-state index contributed by atoms with van der Waals surface area (Å²) in [5, 5.41) is 0.404. The quantitative estimate of drug-likeness (QED) is 0.442. The maximum Gasteiger partial charge on any atom is 0.294 e. The molecule has 5 nitrogen and oxygen atoms in total. The predicted molar refractivity (Wildman–Crippen MR) is 107 cm³/mol. The van der Waals surface area contributed by atoms with E-state index < -0.39 is 10.1 Å². The molecule has 28 heavy (non-hydrogen) atoms. The maximum absolute atomic E-state index is 12.7. The van der Waals surface area contributed by atoms with E-state index in [2.05, 4.69) is 0 Å². The van der Waals surface area contributed by atoms with Crippen LogP contribution in [0.4, 0.5) is 0 Å². The maximum atomic E-state index is 12.7. The number of hydrogen-bond acceptors (Lipinski definition) is 4. The van der Waals surface area contributed by atoms with E-state index in [1.54, 1.807) is 36.4 Å². The summed E-state index contributed by atoms with van der Waals surface area (Å²) in [6, 6.07) is 17.3. The average molecular weight is 417 g/mol. The molecule has 0 unspecified atom stereocenters. The van der Waals surface area contributed by atoms with Gasteiger partial charge in [0.2, 0.25) is 0 Å². The highest BCUT2D eigenvalue weighted by Crippen LogP contribution is 2.25. The number of hydrogen-bond donors (Lipinski definition) is 1. The van der Waals surface area contributed by atoms with Gasteiger partial charge in [0.05, 0.1) is 9.92 Å². The summed E-state index contributed by atoms with van der Waals surface area (Å²) in [7, 11) is -4.25. The number of carbonyl (C=O) groups is 1. The van der Waals surface area contributed by atoms with Gasteiger partial charge in [-0.2, -0.15) is 8.42 Å². The van der Waals surface area contributed by atoms with Gasteiger partial charge in [-0.15, -0.1) is 0 Å². The molecule has 3 aromatic rings. The first-order valence-corrected chi connectivity index (χ1v) is 10.3. The van der Waals surface area contributed by atoms with Crippen molar-refractivity contribution in [1.82, 2.24) is 0 Å². The third kappa shape index (κ3) is 4.59. The third-order valence-electron chi connectivity index (χ3n) is 4.16. The summed E-state index contributed by atoms with van der Waals surface area (Å²) in [6.07, 6.45) is 0.806. The molecule has 0 aromatic heterocycles. The van der Waals surface area contributed by atoms with Crippen molar-refractivity contribution < 1.29 is 22.5 Å². The Morgan fingerprint density at radius 2 is 1.54 bits per heavy atom. The highest BCUT2D eigenvalue weighted by molar-refractivity contribution is 7.85. The lowest BCUT2D eigenvalue weighted by atomic mass is 10.0. The van der Waals surface area contributed by atoms with Crippen molar-refractivity contribution in [3.63, 3.8) is 0 Å². The normalized spacial score (nSPS) is 11.2. The standard InChI is InChI=1S/C21H17ClO5S/c1-2-14-3-12-20(22)19(13-14)21(23)15-4-6-16(7-5-15)27-17-8-10-18(11-9-17)28(24,25)26/h3-13H,2H2,1H3,(H,24,25,26). The molecule has 0 bridgehead atoms. The first-order valence-electron chi connectivity index (χ1n) is 8.46. The van der Waals surface area contributed by atoms with E-state index >= 15 is 0 Å². The first-order chi connectivity index (χ1) is 13.3. The highest BCUT2D eigenvalue weighted by Gasteiger charge is 2.14. The van der Waals surface area contributed by atoms with Crippen LogP contribution in [0.2, 0.25) is 5.02 Å². The zero-order valence-electron chi connectivity index (χ0n) is 14.9. The Labute approximate surface area is 168 Å². The number of benzene rings is 3. The molecule has 0 spiro atoms. The molecule has 0 saturated heterocycles. The van der Waals surface area contributed by atoms with Gasteiger partial charge < -0.3 is 4.74 Å². The van der Waals surface area contributed by atoms with Crippen LogP contribution >= 0.6 is 11.6 Å². The Morgan fingerprint density at radius 1 is 0.964 bits per heavy atom. The van der Waals surface area contributed by atoms with Gasteiger partial charge in [0, 0.05) is 11.1 Å². The molecule has 0 fully saturated rings. The molecule has 0 aliphatic carbocycles. The van der Waals surface area contributed by atoms with E-state index in [-0.39, 0.29) is 10.7 Å². The van der Waals surface area contributed by atoms with Gasteiger partial charge in [-0.25, -0.2) is 0 Å². The largest absolute Gasteiger partial charge is 0.457 e. The van der Waals surface area contributed by atoms with Crippen LogP contribution in [-0.4, -0.2) is 18.8 Å². The van der Waals surface area contributed by atoms with E-state index in [1.165, 1.54) is 24.3 Å². The minimum atomic E-state index is -4.25. The number of aryl methyl sites for hydroxylation is 1. The van der Waals surface area contributed by atoms with Crippen LogP contribution in [0.25, 0.3) is 0 Å². The molecule has 0 saturated carbocycles. The van der Waals surface area contributed by atoms with Crippen molar-refractivity contribution in [3.05, 3.63) is 88.4 Å². The zero-order valence-corrected chi connectivity index (χ0v) is 16.5. The molecule has 0 aliphatic heterocycles. The summed E-state index contributed by atoms with van der Waals surface area (Å²) >= 11 is 6.18. The van der Waals surface area contributed by atoms with Gasteiger partial charge in [-0.3, -0.25) is 9.35 Å². The minimum absolute atomic E-state index is 0.177. The monoisotopic (exact) mass is 416 g/mol. The van der Waals surface area contributed by atoms with Gasteiger partial charge in [0.1, 0.15) is 11.5 Å². The van der Waals surface area contributed by atoms with Crippen LogP contribution in [0.3, 0.4) is 0 Å². The lowest BCUT2D eigenvalue weighted by Gasteiger charge is -2.09. The number of carbonyl (C=O) groups excluding carboxylic acids is 1. The Hall–Kier alpha value is -2.67. The molecule has 3 aromatic carbocycles. The summed E-state index contributed by atoms with van der Waals surface area (Å²) < 4.78 is 36.7. The summed E-state index contributed by atoms with van der Waals surface area (Å²) in [4.78, 5) is 12.5. The van der Waals surface area contributed by atoms with E-state index in [1.807, 2.05) is 13.0 Å². The van der Waals surface area contributed by atoms with Crippen molar-refractivity contribution in [1.29, 1.82) is 0 Å². The molecular weight excluding hydrogens is 400 g/mol. The molecule has 0 atom stereocenters. The lowest BCUT2D eigenvalue weighted by Crippen LogP contribution is -2.03. The first kappa shape index (κ1) is 20.1. The Balaban J connectivity index is 1.77. The molecule has 3 rings (SSSR count). The van der Waals surface area contributed by atoms with Gasteiger partial charge >= 0.3 is 0 Å². The summed E-state index contributed by atoms with van der Waals surface area (Å²) in [5.41, 5.74) is 1.96. The van der Waals surface area contributed by atoms with E-state index in [0.717, 1.165) is 12.0 Å². The Kier molecular flexibility index (Phi) is 5.84. The highest BCUT2D eigenvalue weighted by atomic mass is 35.5. The summed E-state index contributed by atoms with van der Waals surface area (Å²) in [6.45, 7) is 2.01. The SMILES string of the molecule is CCc1ccc(Cl)c(C(=O)c2ccc(Oc3ccc(S(=O)(=O)O)cc3)cc2)c1. The van der Waals surface area contributed by atoms with Gasteiger partial charge in [-0.1, -0.05) is 24.6 Å². The molecule has 7 heteroatoms. The molecule has 1 N–H and O–H groups in total. The second kappa shape index (κ2) is 8.14. The van der Waals surface area contributed by atoms with Crippen molar-refractivity contribution in [3.8, 4) is 11.5 Å². The fourth-order valence-corrected chi connectivity index (χ4v) is 3.30. The number of ketones is 1. The predicted octanol–water partition coefficient (Wildman–Crippen LogP) is 5.17. The second-order valence-corrected chi connectivity index (χ2v) is 7.90. The van der Waals surface area contributed by atoms with Crippen LogP contribution < -0.4 is 4.74 Å². The topological polar surface area (TPSA) is 80.7 Å². The Bertz CT molecular complexity index is 1100. The van der Waals surface area contributed by atoms with Crippen molar-refractivity contribution in [2.24, 2.45) is 0 Å². The molecular formula is C21H17ClO5S.